The number of carbonyl (C=O) groups is 1. The molecule has 0 radical (unpaired) electrons. The molecular weight excluding hydrogens is 272 g/mol. The van der Waals surface area contributed by atoms with E-state index in [9.17, 15) is 4.79 Å². The Morgan fingerprint density at radius 2 is 2.33 bits per heavy atom. The first-order valence-corrected chi connectivity index (χ1v) is 6.70. The van der Waals surface area contributed by atoms with Crippen LogP contribution < -0.4 is 9.64 Å². The molecule has 0 unspecified atom stereocenters. The highest BCUT2D eigenvalue weighted by Crippen LogP contribution is 2.32. The largest absolute Gasteiger partial charge is 0.471 e. The van der Waals surface area contributed by atoms with Crippen LogP contribution in [0.3, 0.4) is 0 Å². The summed E-state index contributed by atoms with van der Waals surface area (Å²) in [5, 5.41) is 0. The number of rotatable bonds is 3. The molecule has 0 fully saturated rings. The van der Waals surface area contributed by atoms with E-state index in [4.69, 9.17) is 13.9 Å². The zero-order valence-corrected chi connectivity index (χ0v) is 11.9. The summed E-state index contributed by atoms with van der Waals surface area (Å²) in [4.78, 5) is 18.4. The van der Waals surface area contributed by atoms with Gasteiger partial charge in [0.05, 0.1) is 6.54 Å². The fourth-order valence-electron chi connectivity index (χ4n) is 2.30. The number of nitrogens with zero attached hydrogens (tertiary/aromatic N) is 2. The van der Waals surface area contributed by atoms with Crippen LogP contribution in [0.25, 0.3) is 0 Å². The van der Waals surface area contributed by atoms with E-state index in [1.54, 1.807) is 36.4 Å². The number of aromatic nitrogens is 1. The molecule has 3 rings (SSSR count). The van der Waals surface area contributed by atoms with Gasteiger partial charge in [0.25, 0.3) is 5.91 Å². The standard InChI is InChI=1S/C15H16N2O4/c1-10-8-17(12-4-3-7-16-14(12)20-10)15(18)13-6-5-11(21-13)9-19-2/h3-7,10H,8-9H2,1-2H3/t10-/m1/s1. The van der Waals surface area contributed by atoms with E-state index in [1.165, 1.54) is 0 Å². The topological polar surface area (TPSA) is 64.8 Å². The Morgan fingerprint density at radius 1 is 1.48 bits per heavy atom. The van der Waals surface area contributed by atoms with Crippen molar-refractivity contribution in [2.24, 2.45) is 0 Å². The second kappa shape index (κ2) is 5.57. The second-order valence-corrected chi connectivity index (χ2v) is 4.87. The van der Waals surface area contributed by atoms with E-state index in [2.05, 4.69) is 4.98 Å². The zero-order valence-electron chi connectivity index (χ0n) is 11.9. The van der Waals surface area contributed by atoms with Crippen molar-refractivity contribution in [1.82, 2.24) is 4.98 Å². The van der Waals surface area contributed by atoms with Crippen molar-refractivity contribution in [1.29, 1.82) is 0 Å². The van der Waals surface area contributed by atoms with Gasteiger partial charge in [-0.2, -0.15) is 0 Å². The van der Waals surface area contributed by atoms with E-state index in [0.29, 0.717) is 30.5 Å². The molecule has 0 aromatic carbocycles. The molecule has 21 heavy (non-hydrogen) atoms. The molecule has 1 aliphatic rings. The van der Waals surface area contributed by atoms with E-state index in [-0.39, 0.29) is 17.8 Å². The first-order chi connectivity index (χ1) is 10.2. The number of pyridine rings is 1. The summed E-state index contributed by atoms with van der Waals surface area (Å²) >= 11 is 0. The number of ether oxygens (including phenoxy) is 2. The molecule has 2 aromatic rings. The average Bonchev–Trinajstić information content (AvgIpc) is 2.94. The van der Waals surface area contributed by atoms with Crippen LogP contribution in [0, 0.1) is 0 Å². The van der Waals surface area contributed by atoms with Crippen molar-refractivity contribution in [3.8, 4) is 5.88 Å². The molecule has 0 spiro atoms. The van der Waals surface area contributed by atoms with E-state index in [1.807, 2.05) is 13.0 Å². The molecule has 3 heterocycles. The molecule has 6 heteroatoms. The number of anilines is 1. The van der Waals surface area contributed by atoms with Crippen molar-refractivity contribution in [3.05, 3.63) is 42.0 Å². The zero-order chi connectivity index (χ0) is 14.8. The Morgan fingerprint density at radius 3 is 3.14 bits per heavy atom. The van der Waals surface area contributed by atoms with Crippen LogP contribution in [0.15, 0.2) is 34.9 Å². The lowest BCUT2D eigenvalue weighted by molar-refractivity contribution is 0.0923. The van der Waals surface area contributed by atoms with Gasteiger partial charge in [0.15, 0.2) is 5.76 Å². The maximum absolute atomic E-state index is 12.6. The van der Waals surface area contributed by atoms with Crippen LogP contribution in [-0.2, 0) is 11.3 Å². The van der Waals surface area contributed by atoms with Crippen LogP contribution in [0.2, 0.25) is 0 Å². The number of hydrogen-bond donors (Lipinski definition) is 0. The number of hydrogen-bond acceptors (Lipinski definition) is 5. The van der Waals surface area contributed by atoms with Crippen LogP contribution in [0.4, 0.5) is 5.69 Å². The minimum Gasteiger partial charge on any atom is -0.471 e. The fraction of sp³-hybridized carbons (Fsp3) is 0.333. The lowest BCUT2D eigenvalue weighted by Gasteiger charge is -2.31. The minimum atomic E-state index is -0.207. The van der Waals surface area contributed by atoms with Gasteiger partial charge in [0, 0.05) is 13.3 Å². The monoisotopic (exact) mass is 288 g/mol. The summed E-state index contributed by atoms with van der Waals surface area (Å²) in [6.07, 6.45) is 1.52. The van der Waals surface area contributed by atoms with Crippen LogP contribution >= 0.6 is 0 Å². The lowest BCUT2D eigenvalue weighted by atomic mass is 10.2. The summed E-state index contributed by atoms with van der Waals surface area (Å²) in [5.41, 5.74) is 0.658. The first-order valence-electron chi connectivity index (χ1n) is 6.70. The van der Waals surface area contributed by atoms with Gasteiger partial charge in [-0.3, -0.25) is 9.69 Å². The number of carbonyl (C=O) groups excluding carboxylic acids is 1. The second-order valence-electron chi connectivity index (χ2n) is 4.87. The summed E-state index contributed by atoms with van der Waals surface area (Å²) in [7, 11) is 1.58. The van der Waals surface area contributed by atoms with Crippen LogP contribution in [0.1, 0.15) is 23.2 Å². The van der Waals surface area contributed by atoms with Crippen molar-refractivity contribution in [2.45, 2.75) is 19.6 Å². The number of furan rings is 1. The Bertz CT molecular complexity index is 653. The van der Waals surface area contributed by atoms with E-state index < -0.39 is 0 Å². The van der Waals surface area contributed by atoms with Crippen molar-refractivity contribution >= 4 is 11.6 Å². The average molecular weight is 288 g/mol. The summed E-state index contributed by atoms with van der Waals surface area (Å²) in [6.45, 7) is 2.69. The smallest absolute Gasteiger partial charge is 0.294 e. The van der Waals surface area contributed by atoms with Gasteiger partial charge in [-0.1, -0.05) is 0 Å². The molecule has 1 amide bonds. The number of methoxy groups -OCH3 is 1. The Balaban J connectivity index is 1.90. The van der Waals surface area contributed by atoms with Gasteiger partial charge in [0.2, 0.25) is 5.88 Å². The molecular formula is C15H16N2O4. The van der Waals surface area contributed by atoms with Gasteiger partial charge in [0.1, 0.15) is 24.2 Å². The lowest BCUT2D eigenvalue weighted by Crippen LogP contribution is -2.42. The first kappa shape index (κ1) is 13.6. The molecule has 1 atom stereocenters. The minimum absolute atomic E-state index is 0.121. The molecule has 1 aliphatic heterocycles. The van der Waals surface area contributed by atoms with Crippen molar-refractivity contribution < 1.29 is 18.7 Å². The third kappa shape index (κ3) is 2.62. The Hall–Kier alpha value is -2.34. The molecule has 0 bridgehead atoms. The van der Waals surface area contributed by atoms with Gasteiger partial charge >= 0.3 is 0 Å². The molecule has 6 nitrogen and oxygen atoms in total. The van der Waals surface area contributed by atoms with Crippen LogP contribution in [0.5, 0.6) is 5.88 Å². The van der Waals surface area contributed by atoms with Gasteiger partial charge in [-0.25, -0.2) is 4.98 Å². The quantitative estimate of drug-likeness (QED) is 0.866. The third-order valence-corrected chi connectivity index (χ3v) is 3.20. The molecule has 2 aromatic heterocycles. The number of fused-ring (bicyclic) bond motifs is 1. The predicted octanol–water partition coefficient (Wildman–Crippen LogP) is 2.25. The molecule has 0 saturated heterocycles. The van der Waals surface area contributed by atoms with E-state index in [0.717, 1.165) is 0 Å². The summed E-state index contributed by atoms with van der Waals surface area (Å²) in [5.74, 6) is 1.16. The van der Waals surface area contributed by atoms with Gasteiger partial charge in [-0.15, -0.1) is 0 Å². The Kier molecular flexibility index (Phi) is 3.62. The fourth-order valence-corrected chi connectivity index (χ4v) is 2.30. The maximum atomic E-state index is 12.6. The SMILES string of the molecule is COCc1ccc(C(=O)N2C[C@@H](C)Oc3ncccc32)o1. The number of amides is 1. The highest BCUT2D eigenvalue weighted by molar-refractivity contribution is 6.05. The van der Waals surface area contributed by atoms with Gasteiger partial charge in [-0.05, 0) is 31.2 Å². The third-order valence-electron chi connectivity index (χ3n) is 3.20. The molecule has 110 valence electrons. The predicted molar refractivity (Wildman–Crippen MR) is 75.4 cm³/mol. The highest BCUT2D eigenvalue weighted by atomic mass is 16.5. The maximum Gasteiger partial charge on any atom is 0.294 e. The summed E-state index contributed by atoms with van der Waals surface area (Å²) in [6, 6.07) is 6.99. The van der Waals surface area contributed by atoms with Crippen LogP contribution in [-0.4, -0.2) is 30.6 Å². The molecule has 0 saturated carbocycles. The highest BCUT2D eigenvalue weighted by Gasteiger charge is 2.30. The normalized spacial score (nSPS) is 17.2. The molecule has 0 N–H and O–H groups in total. The van der Waals surface area contributed by atoms with E-state index >= 15 is 0 Å². The Labute approximate surface area is 122 Å². The van der Waals surface area contributed by atoms with Crippen molar-refractivity contribution in [3.63, 3.8) is 0 Å². The molecule has 0 aliphatic carbocycles. The summed E-state index contributed by atoms with van der Waals surface area (Å²) < 4.78 is 16.1. The van der Waals surface area contributed by atoms with Gasteiger partial charge < -0.3 is 13.9 Å². The van der Waals surface area contributed by atoms with Crippen molar-refractivity contribution in [2.75, 3.05) is 18.6 Å².